The molecule has 0 unspecified atom stereocenters. The van der Waals surface area contributed by atoms with Crippen molar-refractivity contribution in [3.63, 3.8) is 0 Å². The zero-order valence-electron chi connectivity index (χ0n) is 14.6. The summed E-state index contributed by atoms with van der Waals surface area (Å²) in [5.74, 6) is -1.53. The molecule has 4 rings (SSSR count). The van der Waals surface area contributed by atoms with Crippen LogP contribution in [0.4, 0.5) is 5.13 Å². The van der Waals surface area contributed by atoms with Crippen molar-refractivity contribution in [1.29, 1.82) is 0 Å². The van der Waals surface area contributed by atoms with Crippen LogP contribution in [0, 0.1) is 18.8 Å². The summed E-state index contributed by atoms with van der Waals surface area (Å²) >= 11 is 1.38. The van der Waals surface area contributed by atoms with Gasteiger partial charge in [-0.3, -0.25) is 19.3 Å². The van der Waals surface area contributed by atoms with Crippen LogP contribution in [-0.2, 0) is 14.4 Å². The summed E-state index contributed by atoms with van der Waals surface area (Å²) in [7, 11) is 0. The molecular formula is C19H19N3O3S. The van der Waals surface area contributed by atoms with Crippen molar-refractivity contribution >= 4 is 44.4 Å². The Balaban J connectivity index is 1.52. The van der Waals surface area contributed by atoms with E-state index in [2.05, 4.69) is 10.3 Å². The van der Waals surface area contributed by atoms with Gasteiger partial charge in [-0.05, 0) is 44.4 Å². The molecule has 3 amide bonds. The third-order valence-electron chi connectivity index (χ3n) is 5.08. The predicted molar refractivity (Wildman–Crippen MR) is 99.7 cm³/mol. The predicted octanol–water partition coefficient (Wildman–Crippen LogP) is 2.88. The Kier molecular flexibility index (Phi) is 4.11. The molecule has 2 heterocycles. The minimum atomic E-state index is -0.852. The molecule has 0 saturated carbocycles. The van der Waals surface area contributed by atoms with Crippen molar-refractivity contribution < 1.29 is 14.4 Å². The summed E-state index contributed by atoms with van der Waals surface area (Å²) in [6.45, 7) is 3.59. The second kappa shape index (κ2) is 6.32. The van der Waals surface area contributed by atoms with Crippen LogP contribution in [-0.4, -0.2) is 33.6 Å². The lowest BCUT2D eigenvalue weighted by molar-refractivity contribution is -0.146. The van der Waals surface area contributed by atoms with Gasteiger partial charge in [0, 0.05) is 0 Å². The van der Waals surface area contributed by atoms with Gasteiger partial charge in [0.1, 0.15) is 6.04 Å². The fraction of sp³-hybridized carbons (Fsp3) is 0.368. The third-order valence-corrected chi connectivity index (χ3v) is 6.02. The fourth-order valence-corrected chi connectivity index (χ4v) is 4.59. The molecule has 1 fully saturated rings. The molecule has 0 bridgehead atoms. The first-order chi connectivity index (χ1) is 12.5. The number of carbonyl (C=O) groups excluding carboxylic acids is 3. The Labute approximate surface area is 154 Å². The van der Waals surface area contributed by atoms with Crippen molar-refractivity contribution in [1.82, 2.24) is 9.88 Å². The van der Waals surface area contributed by atoms with Gasteiger partial charge < -0.3 is 5.32 Å². The van der Waals surface area contributed by atoms with Gasteiger partial charge in [-0.25, -0.2) is 4.98 Å². The summed E-state index contributed by atoms with van der Waals surface area (Å²) < 4.78 is 0.985. The SMILES string of the molecule is Cc1ccc2nc(NC(=O)[C@H](C)N3C(=O)[C@@H]4CC=CC[C@H]4C3=O)sc2c1. The van der Waals surface area contributed by atoms with Crippen molar-refractivity contribution in [2.75, 3.05) is 5.32 Å². The number of imide groups is 1. The van der Waals surface area contributed by atoms with E-state index < -0.39 is 11.9 Å². The van der Waals surface area contributed by atoms with E-state index in [0.717, 1.165) is 20.7 Å². The molecule has 1 saturated heterocycles. The zero-order chi connectivity index (χ0) is 18.4. The lowest BCUT2D eigenvalue weighted by Gasteiger charge is -2.21. The number of amides is 3. The van der Waals surface area contributed by atoms with Gasteiger partial charge in [-0.1, -0.05) is 29.6 Å². The van der Waals surface area contributed by atoms with Crippen LogP contribution in [0.15, 0.2) is 30.4 Å². The number of anilines is 1. The van der Waals surface area contributed by atoms with E-state index in [1.807, 2.05) is 37.3 Å². The minimum absolute atomic E-state index is 0.244. The summed E-state index contributed by atoms with van der Waals surface area (Å²) in [5, 5.41) is 3.23. The fourth-order valence-electron chi connectivity index (χ4n) is 3.62. The topological polar surface area (TPSA) is 79.4 Å². The molecule has 1 N–H and O–H groups in total. The first kappa shape index (κ1) is 16.9. The Morgan fingerprint density at radius 2 is 1.88 bits per heavy atom. The molecule has 6 nitrogen and oxygen atoms in total. The average Bonchev–Trinajstić information content (AvgIpc) is 3.13. The number of aromatic nitrogens is 1. The number of allylic oxidation sites excluding steroid dienone is 2. The Hall–Kier alpha value is -2.54. The monoisotopic (exact) mass is 369 g/mol. The number of nitrogens with one attached hydrogen (secondary N) is 1. The molecular weight excluding hydrogens is 350 g/mol. The van der Waals surface area contributed by atoms with Crippen LogP contribution in [0.2, 0.25) is 0 Å². The standard InChI is InChI=1S/C19H19N3O3S/c1-10-7-8-14-15(9-10)26-19(20-14)21-16(23)11(2)22-17(24)12-5-3-4-6-13(12)18(22)25/h3-4,7-9,11-13H,5-6H2,1-2H3,(H,20,21,23)/t11-,12+,13+/m0/s1. The van der Waals surface area contributed by atoms with Gasteiger partial charge in [0.05, 0.1) is 22.1 Å². The molecule has 3 atom stereocenters. The Bertz CT molecular complexity index is 923. The first-order valence-corrected chi connectivity index (χ1v) is 9.47. The number of hydrogen-bond donors (Lipinski definition) is 1. The van der Waals surface area contributed by atoms with Crippen molar-refractivity contribution in [3.8, 4) is 0 Å². The van der Waals surface area contributed by atoms with Crippen molar-refractivity contribution in [2.45, 2.75) is 32.7 Å². The van der Waals surface area contributed by atoms with Crippen LogP contribution in [0.3, 0.4) is 0 Å². The number of hydrogen-bond acceptors (Lipinski definition) is 5. The molecule has 2 aromatic rings. The molecule has 1 aromatic heterocycles. The molecule has 1 aliphatic heterocycles. The quantitative estimate of drug-likeness (QED) is 0.666. The summed E-state index contributed by atoms with van der Waals surface area (Å²) in [4.78, 5) is 43.4. The highest BCUT2D eigenvalue weighted by molar-refractivity contribution is 7.22. The summed E-state index contributed by atoms with van der Waals surface area (Å²) in [5.41, 5.74) is 1.94. The van der Waals surface area contributed by atoms with Gasteiger partial charge in [0.2, 0.25) is 17.7 Å². The number of nitrogens with zero attached hydrogens (tertiary/aromatic N) is 2. The maximum atomic E-state index is 12.6. The number of likely N-dealkylation sites (tertiary alicyclic amines) is 1. The van der Waals surface area contributed by atoms with E-state index in [1.54, 1.807) is 6.92 Å². The van der Waals surface area contributed by atoms with Crippen LogP contribution in [0.25, 0.3) is 10.2 Å². The van der Waals surface area contributed by atoms with Gasteiger partial charge in [-0.2, -0.15) is 0 Å². The number of thiazole rings is 1. The van der Waals surface area contributed by atoms with E-state index in [4.69, 9.17) is 0 Å². The summed E-state index contributed by atoms with van der Waals surface area (Å²) in [6, 6.07) is 5.03. The van der Waals surface area contributed by atoms with E-state index in [9.17, 15) is 14.4 Å². The van der Waals surface area contributed by atoms with Crippen molar-refractivity contribution in [2.24, 2.45) is 11.8 Å². The zero-order valence-corrected chi connectivity index (χ0v) is 15.4. The molecule has 134 valence electrons. The second-order valence-electron chi connectivity index (χ2n) is 6.86. The lowest BCUT2D eigenvalue weighted by atomic mass is 9.85. The van der Waals surface area contributed by atoms with E-state index in [-0.39, 0.29) is 23.7 Å². The third kappa shape index (κ3) is 2.72. The van der Waals surface area contributed by atoms with E-state index in [1.165, 1.54) is 11.3 Å². The van der Waals surface area contributed by atoms with E-state index >= 15 is 0 Å². The van der Waals surface area contributed by atoms with Crippen LogP contribution in [0.1, 0.15) is 25.3 Å². The normalized spacial score (nSPS) is 23.4. The highest BCUT2D eigenvalue weighted by Crippen LogP contribution is 2.36. The lowest BCUT2D eigenvalue weighted by Crippen LogP contribution is -2.46. The first-order valence-electron chi connectivity index (χ1n) is 8.65. The van der Waals surface area contributed by atoms with Gasteiger partial charge in [0.25, 0.3) is 0 Å². The smallest absolute Gasteiger partial charge is 0.249 e. The minimum Gasteiger partial charge on any atom is -0.300 e. The molecule has 1 aromatic carbocycles. The number of rotatable bonds is 3. The van der Waals surface area contributed by atoms with Crippen LogP contribution in [0.5, 0.6) is 0 Å². The van der Waals surface area contributed by atoms with Gasteiger partial charge in [-0.15, -0.1) is 0 Å². The molecule has 7 heteroatoms. The number of benzene rings is 1. The number of carbonyl (C=O) groups is 3. The summed E-state index contributed by atoms with van der Waals surface area (Å²) in [6.07, 6.45) is 5.00. The molecule has 26 heavy (non-hydrogen) atoms. The van der Waals surface area contributed by atoms with Crippen LogP contribution < -0.4 is 5.32 Å². The second-order valence-corrected chi connectivity index (χ2v) is 7.89. The maximum Gasteiger partial charge on any atom is 0.249 e. The molecule has 0 spiro atoms. The van der Waals surface area contributed by atoms with Gasteiger partial charge >= 0.3 is 0 Å². The molecule has 2 aliphatic rings. The Morgan fingerprint density at radius 1 is 1.23 bits per heavy atom. The van der Waals surface area contributed by atoms with Crippen molar-refractivity contribution in [3.05, 3.63) is 35.9 Å². The Morgan fingerprint density at radius 3 is 2.54 bits per heavy atom. The van der Waals surface area contributed by atoms with E-state index in [0.29, 0.717) is 18.0 Å². The largest absolute Gasteiger partial charge is 0.300 e. The highest BCUT2D eigenvalue weighted by Gasteiger charge is 2.50. The maximum absolute atomic E-state index is 12.6. The van der Waals surface area contributed by atoms with Crippen LogP contribution >= 0.6 is 11.3 Å². The van der Waals surface area contributed by atoms with Gasteiger partial charge in [0.15, 0.2) is 5.13 Å². The number of fused-ring (bicyclic) bond motifs is 2. The highest BCUT2D eigenvalue weighted by atomic mass is 32.1. The molecule has 1 aliphatic carbocycles. The average molecular weight is 369 g/mol. The molecule has 0 radical (unpaired) electrons. The number of aryl methyl sites for hydroxylation is 1.